The second-order valence-electron chi connectivity index (χ2n) is 4.07. The molecule has 94 valence electrons. The Kier molecular flexibility index (Phi) is 3.77. The molecule has 0 aliphatic heterocycles. The summed E-state index contributed by atoms with van der Waals surface area (Å²) < 4.78 is 5.10. The van der Waals surface area contributed by atoms with Crippen molar-refractivity contribution in [1.82, 2.24) is 0 Å². The number of nitrogens with one attached hydrogen (secondary N) is 1. The minimum Gasteiger partial charge on any atom is -0.422 e. The highest BCUT2D eigenvalue weighted by molar-refractivity contribution is 5.98. The van der Waals surface area contributed by atoms with Crippen LogP contribution >= 0.6 is 0 Å². The van der Waals surface area contributed by atoms with Crippen molar-refractivity contribution < 1.29 is 9.21 Å². The first-order chi connectivity index (χ1) is 8.77. The molecule has 2 aromatic rings. The van der Waals surface area contributed by atoms with Crippen molar-refractivity contribution in [2.45, 2.75) is 19.8 Å². The van der Waals surface area contributed by atoms with E-state index in [9.17, 15) is 9.59 Å². The minimum absolute atomic E-state index is 0.0600. The van der Waals surface area contributed by atoms with E-state index < -0.39 is 5.63 Å². The lowest BCUT2D eigenvalue weighted by atomic mass is 10.1. The molecule has 2 rings (SSSR count). The summed E-state index contributed by atoms with van der Waals surface area (Å²) in [6, 6.07) is 7.19. The van der Waals surface area contributed by atoms with Gasteiger partial charge in [0.25, 0.3) is 0 Å². The number of hydrogen-bond acceptors (Lipinski definition) is 4. The van der Waals surface area contributed by atoms with Gasteiger partial charge in [0.2, 0.25) is 0 Å². The average molecular weight is 245 g/mol. The molecule has 0 aliphatic rings. The van der Waals surface area contributed by atoms with E-state index in [1.807, 2.05) is 12.1 Å². The highest BCUT2D eigenvalue weighted by Crippen LogP contribution is 2.24. The highest BCUT2D eigenvalue weighted by atomic mass is 16.4. The van der Waals surface area contributed by atoms with E-state index in [0.717, 1.165) is 24.8 Å². The van der Waals surface area contributed by atoms with Gasteiger partial charge in [0, 0.05) is 11.9 Å². The summed E-state index contributed by atoms with van der Waals surface area (Å²) in [5, 5.41) is 3.92. The van der Waals surface area contributed by atoms with Gasteiger partial charge in [-0.3, -0.25) is 4.79 Å². The maximum absolute atomic E-state index is 11.7. The zero-order valence-electron chi connectivity index (χ0n) is 10.2. The predicted molar refractivity (Wildman–Crippen MR) is 71.3 cm³/mol. The molecule has 0 saturated carbocycles. The molecule has 0 aliphatic carbocycles. The van der Waals surface area contributed by atoms with Gasteiger partial charge in [-0.1, -0.05) is 25.5 Å². The van der Waals surface area contributed by atoms with Crippen LogP contribution in [0.15, 0.2) is 33.5 Å². The quantitative estimate of drug-likeness (QED) is 0.500. The summed E-state index contributed by atoms with van der Waals surface area (Å²) in [6.45, 7) is 2.81. The summed E-state index contributed by atoms with van der Waals surface area (Å²) in [6.07, 6.45) is 2.57. The standard InChI is InChI=1S/C14H15NO3/c1-2-3-8-15-13-10-6-4-5-7-12(10)18-14(17)11(13)9-16/h4-7,9,15H,2-3,8H2,1H3. The Morgan fingerprint density at radius 2 is 2.11 bits per heavy atom. The Morgan fingerprint density at radius 1 is 1.33 bits per heavy atom. The molecule has 0 bridgehead atoms. The number of hydrogen-bond donors (Lipinski definition) is 1. The first-order valence-corrected chi connectivity index (χ1v) is 6.02. The van der Waals surface area contributed by atoms with E-state index in [4.69, 9.17) is 4.42 Å². The Morgan fingerprint density at radius 3 is 2.83 bits per heavy atom. The van der Waals surface area contributed by atoms with Crippen LogP contribution < -0.4 is 10.9 Å². The molecule has 0 atom stereocenters. The predicted octanol–water partition coefficient (Wildman–Crippen LogP) is 2.82. The van der Waals surface area contributed by atoms with E-state index in [1.54, 1.807) is 12.1 Å². The summed E-state index contributed by atoms with van der Waals surface area (Å²) in [4.78, 5) is 22.7. The van der Waals surface area contributed by atoms with Crippen LogP contribution in [0, 0.1) is 0 Å². The number of aldehydes is 1. The van der Waals surface area contributed by atoms with E-state index in [2.05, 4.69) is 12.2 Å². The van der Waals surface area contributed by atoms with Crippen molar-refractivity contribution in [1.29, 1.82) is 0 Å². The zero-order valence-corrected chi connectivity index (χ0v) is 10.2. The Hall–Kier alpha value is -2.10. The molecule has 0 fully saturated rings. The van der Waals surface area contributed by atoms with Gasteiger partial charge in [-0.15, -0.1) is 0 Å². The molecular weight excluding hydrogens is 230 g/mol. The maximum atomic E-state index is 11.7. The molecule has 0 radical (unpaired) electrons. The first kappa shape index (κ1) is 12.4. The van der Waals surface area contributed by atoms with Gasteiger partial charge in [0.05, 0.1) is 5.69 Å². The highest BCUT2D eigenvalue weighted by Gasteiger charge is 2.12. The second kappa shape index (κ2) is 5.49. The molecule has 1 aromatic carbocycles. The van der Waals surface area contributed by atoms with Crippen molar-refractivity contribution >= 4 is 22.9 Å². The minimum atomic E-state index is -0.595. The molecular formula is C14H15NO3. The number of carbonyl (C=O) groups excluding carboxylic acids is 1. The van der Waals surface area contributed by atoms with Gasteiger partial charge in [-0.05, 0) is 18.6 Å². The third kappa shape index (κ3) is 2.27. The van der Waals surface area contributed by atoms with Crippen molar-refractivity contribution in [2.75, 3.05) is 11.9 Å². The number of fused-ring (bicyclic) bond motifs is 1. The number of unbranched alkanes of at least 4 members (excludes halogenated alkanes) is 1. The van der Waals surface area contributed by atoms with Crippen LogP contribution in [-0.2, 0) is 0 Å². The average Bonchev–Trinajstić information content (AvgIpc) is 2.38. The summed E-state index contributed by atoms with van der Waals surface area (Å²) in [7, 11) is 0. The summed E-state index contributed by atoms with van der Waals surface area (Å²) >= 11 is 0. The molecule has 4 nitrogen and oxygen atoms in total. The molecule has 0 spiro atoms. The van der Waals surface area contributed by atoms with E-state index in [1.165, 1.54) is 0 Å². The molecule has 0 unspecified atom stereocenters. The molecule has 1 aromatic heterocycles. The largest absolute Gasteiger partial charge is 0.422 e. The van der Waals surface area contributed by atoms with Crippen LogP contribution in [0.3, 0.4) is 0 Å². The number of anilines is 1. The maximum Gasteiger partial charge on any atom is 0.349 e. The monoisotopic (exact) mass is 245 g/mol. The van der Waals surface area contributed by atoms with E-state index >= 15 is 0 Å². The van der Waals surface area contributed by atoms with Gasteiger partial charge in [-0.2, -0.15) is 0 Å². The topological polar surface area (TPSA) is 59.3 Å². The first-order valence-electron chi connectivity index (χ1n) is 6.02. The third-order valence-corrected chi connectivity index (χ3v) is 2.80. The lowest BCUT2D eigenvalue weighted by Crippen LogP contribution is -2.13. The Bertz CT molecular complexity index is 616. The summed E-state index contributed by atoms with van der Waals surface area (Å²) in [5.41, 5.74) is 0.532. The van der Waals surface area contributed by atoms with Crippen LogP contribution in [0.1, 0.15) is 30.1 Å². The van der Waals surface area contributed by atoms with Gasteiger partial charge in [0.1, 0.15) is 11.1 Å². The van der Waals surface area contributed by atoms with Crippen LogP contribution in [0.5, 0.6) is 0 Å². The molecule has 18 heavy (non-hydrogen) atoms. The fraction of sp³-hybridized carbons (Fsp3) is 0.286. The Balaban J connectivity index is 2.57. The van der Waals surface area contributed by atoms with Crippen LogP contribution in [0.2, 0.25) is 0 Å². The molecule has 1 N–H and O–H groups in total. The van der Waals surface area contributed by atoms with Gasteiger partial charge < -0.3 is 9.73 Å². The normalized spacial score (nSPS) is 10.5. The molecule has 0 saturated heterocycles. The lowest BCUT2D eigenvalue weighted by molar-refractivity contribution is 0.112. The van der Waals surface area contributed by atoms with Crippen molar-refractivity contribution in [3.8, 4) is 0 Å². The Labute approximate surface area is 105 Å². The molecule has 1 heterocycles. The molecule has 0 amide bonds. The van der Waals surface area contributed by atoms with Crippen molar-refractivity contribution in [3.63, 3.8) is 0 Å². The summed E-state index contributed by atoms with van der Waals surface area (Å²) in [5.74, 6) is 0. The number of para-hydroxylation sites is 1. The van der Waals surface area contributed by atoms with Gasteiger partial charge in [0.15, 0.2) is 6.29 Å². The third-order valence-electron chi connectivity index (χ3n) is 2.80. The SMILES string of the molecule is CCCCNc1c(C=O)c(=O)oc2ccccc12. The number of rotatable bonds is 5. The van der Waals surface area contributed by atoms with Crippen molar-refractivity contribution in [2.24, 2.45) is 0 Å². The number of carbonyl (C=O) groups is 1. The number of benzene rings is 1. The zero-order chi connectivity index (χ0) is 13.0. The smallest absolute Gasteiger partial charge is 0.349 e. The van der Waals surface area contributed by atoms with E-state index in [-0.39, 0.29) is 5.56 Å². The van der Waals surface area contributed by atoms with Crippen LogP contribution in [-0.4, -0.2) is 12.8 Å². The fourth-order valence-corrected chi connectivity index (χ4v) is 1.85. The fourth-order valence-electron chi connectivity index (χ4n) is 1.85. The van der Waals surface area contributed by atoms with E-state index in [0.29, 0.717) is 17.6 Å². The van der Waals surface area contributed by atoms with Gasteiger partial charge >= 0.3 is 5.63 Å². The molecule has 4 heteroatoms. The second-order valence-corrected chi connectivity index (χ2v) is 4.07. The van der Waals surface area contributed by atoms with Gasteiger partial charge in [-0.25, -0.2) is 4.79 Å². The lowest BCUT2D eigenvalue weighted by Gasteiger charge is -2.10. The van der Waals surface area contributed by atoms with Crippen LogP contribution in [0.4, 0.5) is 5.69 Å². The van der Waals surface area contributed by atoms with Crippen molar-refractivity contribution in [3.05, 3.63) is 40.2 Å². The van der Waals surface area contributed by atoms with Crippen LogP contribution in [0.25, 0.3) is 11.0 Å².